The summed E-state index contributed by atoms with van der Waals surface area (Å²) in [6.45, 7) is 11.2. The van der Waals surface area contributed by atoms with Crippen molar-refractivity contribution < 1.29 is 9.59 Å². The van der Waals surface area contributed by atoms with Crippen molar-refractivity contribution in [2.45, 2.75) is 33.2 Å². The van der Waals surface area contributed by atoms with Crippen LogP contribution in [0.15, 0.2) is 12.7 Å². The van der Waals surface area contributed by atoms with E-state index in [0.717, 1.165) is 0 Å². The lowest BCUT2D eigenvalue weighted by Crippen LogP contribution is -2.49. The van der Waals surface area contributed by atoms with E-state index in [1.54, 1.807) is 6.08 Å². The monoisotopic (exact) mass is 212 g/mol. The number of nitrogens with one attached hydrogen (secondary N) is 1. The van der Waals surface area contributed by atoms with Gasteiger partial charge >= 0.3 is 0 Å². The second kappa shape index (κ2) is 5.53. The Morgan fingerprint density at radius 2 is 1.93 bits per heavy atom. The number of rotatable bonds is 4. The third kappa shape index (κ3) is 5.20. The highest BCUT2D eigenvalue weighted by Crippen LogP contribution is 2.12. The lowest BCUT2D eigenvalue weighted by atomic mass is 10.1. The highest BCUT2D eigenvalue weighted by atomic mass is 16.2. The number of carbonyl (C=O) groups is 2. The number of carbonyl (C=O) groups excluding carboxylic acids is 2. The molecule has 4 nitrogen and oxygen atoms in total. The molecular weight excluding hydrogens is 192 g/mol. The summed E-state index contributed by atoms with van der Waals surface area (Å²) in [6.07, 6.45) is 1.60. The van der Waals surface area contributed by atoms with Gasteiger partial charge in [0, 0.05) is 19.0 Å². The average Bonchev–Trinajstić information content (AvgIpc) is 2.08. The smallest absolute Gasteiger partial charge is 0.239 e. The van der Waals surface area contributed by atoms with Gasteiger partial charge < -0.3 is 10.2 Å². The SMILES string of the molecule is C=CCNC(=O)CN(C(C)=O)C(C)(C)C. The Morgan fingerprint density at radius 1 is 1.40 bits per heavy atom. The summed E-state index contributed by atoms with van der Waals surface area (Å²) in [5, 5.41) is 2.64. The van der Waals surface area contributed by atoms with Crippen molar-refractivity contribution in [3.05, 3.63) is 12.7 Å². The molecule has 0 unspecified atom stereocenters. The van der Waals surface area contributed by atoms with E-state index < -0.39 is 0 Å². The van der Waals surface area contributed by atoms with E-state index in [4.69, 9.17) is 0 Å². The van der Waals surface area contributed by atoms with E-state index in [1.165, 1.54) is 11.8 Å². The van der Waals surface area contributed by atoms with E-state index in [-0.39, 0.29) is 23.9 Å². The summed E-state index contributed by atoms with van der Waals surface area (Å²) in [5.74, 6) is -0.267. The molecule has 0 aromatic carbocycles. The van der Waals surface area contributed by atoms with Crippen LogP contribution in [0.1, 0.15) is 27.7 Å². The molecule has 0 aliphatic carbocycles. The average molecular weight is 212 g/mol. The summed E-state index contributed by atoms with van der Waals surface area (Å²) in [5.41, 5.74) is -0.336. The normalized spacial score (nSPS) is 10.7. The molecule has 0 bridgehead atoms. The first kappa shape index (κ1) is 13.7. The first-order valence-electron chi connectivity index (χ1n) is 4.95. The van der Waals surface area contributed by atoms with Crippen LogP contribution in [0.4, 0.5) is 0 Å². The Hall–Kier alpha value is -1.32. The fraction of sp³-hybridized carbons (Fsp3) is 0.636. The van der Waals surface area contributed by atoms with E-state index in [1.807, 2.05) is 20.8 Å². The van der Waals surface area contributed by atoms with Crippen LogP contribution in [-0.4, -0.2) is 35.3 Å². The number of hydrogen-bond acceptors (Lipinski definition) is 2. The molecule has 0 aromatic rings. The zero-order valence-electron chi connectivity index (χ0n) is 9.96. The third-order valence-corrected chi connectivity index (χ3v) is 1.94. The van der Waals surface area contributed by atoms with Crippen LogP contribution in [0.2, 0.25) is 0 Å². The molecular formula is C11H20N2O2. The first-order valence-corrected chi connectivity index (χ1v) is 4.95. The fourth-order valence-electron chi connectivity index (χ4n) is 1.21. The van der Waals surface area contributed by atoms with Crippen molar-refractivity contribution >= 4 is 11.8 Å². The summed E-state index contributed by atoms with van der Waals surface area (Å²) < 4.78 is 0. The first-order chi connectivity index (χ1) is 6.79. The van der Waals surface area contributed by atoms with Gasteiger partial charge in [-0.25, -0.2) is 0 Å². The maximum absolute atomic E-state index is 11.4. The molecule has 0 aliphatic rings. The fourth-order valence-corrected chi connectivity index (χ4v) is 1.21. The van der Waals surface area contributed by atoms with E-state index >= 15 is 0 Å². The maximum Gasteiger partial charge on any atom is 0.239 e. The summed E-state index contributed by atoms with van der Waals surface area (Å²) in [6, 6.07) is 0. The van der Waals surface area contributed by atoms with Gasteiger partial charge in [-0.15, -0.1) is 6.58 Å². The second-order valence-electron chi connectivity index (χ2n) is 4.37. The van der Waals surface area contributed by atoms with Gasteiger partial charge in [0.05, 0.1) is 0 Å². The molecule has 0 saturated heterocycles. The number of hydrogen-bond donors (Lipinski definition) is 1. The van der Waals surface area contributed by atoms with Crippen molar-refractivity contribution in [2.75, 3.05) is 13.1 Å². The molecule has 0 radical (unpaired) electrons. The van der Waals surface area contributed by atoms with E-state index in [9.17, 15) is 9.59 Å². The molecule has 0 heterocycles. The molecule has 0 aliphatic heterocycles. The molecule has 0 fully saturated rings. The lowest BCUT2D eigenvalue weighted by Gasteiger charge is -2.34. The van der Waals surface area contributed by atoms with Gasteiger partial charge in [-0.3, -0.25) is 9.59 Å². The van der Waals surface area contributed by atoms with Crippen LogP contribution in [0.25, 0.3) is 0 Å². The van der Waals surface area contributed by atoms with Crippen molar-refractivity contribution in [3.63, 3.8) is 0 Å². The molecule has 1 N–H and O–H groups in total. The number of nitrogens with zero attached hydrogens (tertiary/aromatic N) is 1. The van der Waals surface area contributed by atoms with Gasteiger partial charge in [0.25, 0.3) is 0 Å². The maximum atomic E-state index is 11.4. The lowest BCUT2D eigenvalue weighted by molar-refractivity contribution is -0.138. The van der Waals surface area contributed by atoms with Gasteiger partial charge in [-0.1, -0.05) is 6.08 Å². The van der Waals surface area contributed by atoms with Crippen LogP contribution < -0.4 is 5.32 Å². The summed E-state index contributed by atoms with van der Waals surface area (Å²) in [4.78, 5) is 24.3. The van der Waals surface area contributed by atoms with Gasteiger partial charge in [0.15, 0.2) is 0 Å². The topological polar surface area (TPSA) is 49.4 Å². The number of amides is 2. The quantitative estimate of drug-likeness (QED) is 0.705. The minimum atomic E-state index is -0.336. The Kier molecular flexibility index (Phi) is 5.05. The molecule has 86 valence electrons. The Bertz CT molecular complexity index is 254. The van der Waals surface area contributed by atoms with Crippen LogP contribution in [-0.2, 0) is 9.59 Å². The Labute approximate surface area is 91.3 Å². The molecule has 2 amide bonds. The van der Waals surface area contributed by atoms with Crippen molar-refractivity contribution in [2.24, 2.45) is 0 Å². The third-order valence-electron chi connectivity index (χ3n) is 1.94. The van der Waals surface area contributed by atoms with Gasteiger partial charge in [0.2, 0.25) is 11.8 Å². The molecule has 0 rings (SSSR count). The standard InChI is InChI=1S/C11H20N2O2/c1-6-7-12-10(15)8-13(9(2)14)11(3,4)5/h6H,1,7-8H2,2-5H3,(H,12,15). The van der Waals surface area contributed by atoms with Crippen LogP contribution >= 0.6 is 0 Å². The predicted molar refractivity (Wildman–Crippen MR) is 60.3 cm³/mol. The second-order valence-corrected chi connectivity index (χ2v) is 4.37. The molecule has 0 spiro atoms. The van der Waals surface area contributed by atoms with Crippen molar-refractivity contribution in [1.29, 1.82) is 0 Å². The zero-order valence-corrected chi connectivity index (χ0v) is 9.96. The molecule has 4 heteroatoms. The molecule has 0 aromatic heterocycles. The van der Waals surface area contributed by atoms with Gasteiger partial charge in [-0.2, -0.15) is 0 Å². The Balaban J connectivity index is 4.37. The van der Waals surface area contributed by atoms with Crippen LogP contribution in [0.5, 0.6) is 0 Å². The minimum absolute atomic E-state index is 0.0900. The van der Waals surface area contributed by atoms with Crippen molar-refractivity contribution in [3.8, 4) is 0 Å². The van der Waals surface area contributed by atoms with Gasteiger partial charge in [0.1, 0.15) is 6.54 Å². The molecule has 15 heavy (non-hydrogen) atoms. The predicted octanol–water partition coefficient (Wildman–Crippen LogP) is 0.936. The summed E-state index contributed by atoms with van der Waals surface area (Å²) >= 11 is 0. The highest BCUT2D eigenvalue weighted by Gasteiger charge is 2.25. The largest absolute Gasteiger partial charge is 0.351 e. The Morgan fingerprint density at radius 3 is 2.27 bits per heavy atom. The van der Waals surface area contributed by atoms with E-state index in [0.29, 0.717) is 6.54 Å². The summed E-state index contributed by atoms with van der Waals surface area (Å²) in [7, 11) is 0. The van der Waals surface area contributed by atoms with Gasteiger partial charge in [-0.05, 0) is 20.8 Å². The van der Waals surface area contributed by atoms with Crippen LogP contribution in [0, 0.1) is 0 Å². The molecule has 0 atom stereocenters. The van der Waals surface area contributed by atoms with E-state index in [2.05, 4.69) is 11.9 Å². The van der Waals surface area contributed by atoms with Crippen molar-refractivity contribution in [1.82, 2.24) is 10.2 Å². The molecule has 0 saturated carbocycles. The van der Waals surface area contributed by atoms with Crippen LogP contribution in [0.3, 0.4) is 0 Å². The minimum Gasteiger partial charge on any atom is -0.351 e. The zero-order chi connectivity index (χ0) is 12.1. The highest BCUT2D eigenvalue weighted by molar-refractivity contribution is 5.84.